The van der Waals surface area contributed by atoms with Gasteiger partial charge in [0.25, 0.3) is 0 Å². The number of furan rings is 1. The lowest BCUT2D eigenvalue weighted by molar-refractivity contribution is 0.513. The van der Waals surface area contributed by atoms with Gasteiger partial charge in [0.1, 0.15) is 5.76 Å². The molecule has 0 fully saturated rings. The monoisotopic (exact) mass is 294 g/mol. The van der Waals surface area contributed by atoms with Crippen molar-refractivity contribution in [3.05, 3.63) is 48.4 Å². The Balaban J connectivity index is 1.95. The Kier molecular flexibility index (Phi) is 4.46. The lowest BCUT2D eigenvalue weighted by Crippen LogP contribution is -2.22. The third-order valence-electron chi connectivity index (χ3n) is 2.91. The van der Waals surface area contributed by atoms with Crippen LogP contribution in [0.3, 0.4) is 0 Å². The van der Waals surface area contributed by atoms with E-state index in [9.17, 15) is 8.42 Å². The minimum Gasteiger partial charge on any atom is -0.469 e. The van der Waals surface area contributed by atoms with E-state index in [1.807, 2.05) is 12.1 Å². The van der Waals surface area contributed by atoms with E-state index in [1.165, 1.54) is 18.4 Å². The van der Waals surface area contributed by atoms with E-state index in [4.69, 9.17) is 4.42 Å². The number of rotatable bonds is 6. The van der Waals surface area contributed by atoms with E-state index in [2.05, 4.69) is 5.32 Å². The Morgan fingerprint density at radius 1 is 1.15 bits per heavy atom. The van der Waals surface area contributed by atoms with Crippen molar-refractivity contribution in [1.29, 1.82) is 0 Å². The Labute approximate surface area is 119 Å². The average molecular weight is 294 g/mol. The zero-order valence-electron chi connectivity index (χ0n) is 11.5. The second-order valence-corrected chi connectivity index (χ2v) is 6.72. The van der Waals surface area contributed by atoms with E-state index in [-0.39, 0.29) is 0 Å². The maximum atomic E-state index is 11.9. The summed E-state index contributed by atoms with van der Waals surface area (Å²) >= 11 is 0. The largest absolute Gasteiger partial charge is 0.469 e. The Morgan fingerprint density at radius 3 is 2.40 bits per heavy atom. The number of hydrogen-bond acceptors (Lipinski definition) is 4. The van der Waals surface area contributed by atoms with Gasteiger partial charge in [0, 0.05) is 32.7 Å². The highest BCUT2D eigenvalue weighted by Gasteiger charge is 2.16. The van der Waals surface area contributed by atoms with Gasteiger partial charge in [0.05, 0.1) is 11.2 Å². The predicted octanol–water partition coefficient (Wildman–Crippen LogP) is 2.18. The summed E-state index contributed by atoms with van der Waals surface area (Å²) in [7, 11) is -0.322. The van der Waals surface area contributed by atoms with Crippen LogP contribution in [0.15, 0.2) is 52.0 Å². The van der Waals surface area contributed by atoms with Gasteiger partial charge in [0.2, 0.25) is 10.0 Å². The molecule has 1 heterocycles. The first-order valence-electron chi connectivity index (χ1n) is 6.29. The summed E-state index contributed by atoms with van der Waals surface area (Å²) in [6, 6.07) is 10.5. The molecule has 108 valence electrons. The molecule has 0 spiro atoms. The van der Waals surface area contributed by atoms with Crippen LogP contribution < -0.4 is 5.32 Å². The van der Waals surface area contributed by atoms with Crippen molar-refractivity contribution in [3.63, 3.8) is 0 Å². The van der Waals surface area contributed by atoms with Crippen molar-refractivity contribution < 1.29 is 12.8 Å². The van der Waals surface area contributed by atoms with Crippen molar-refractivity contribution in [2.24, 2.45) is 0 Å². The van der Waals surface area contributed by atoms with Crippen molar-refractivity contribution >= 4 is 15.7 Å². The average Bonchev–Trinajstić information content (AvgIpc) is 2.92. The molecular formula is C14H18N2O3S. The smallest absolute Gasteiger partial charge is 0.242 e. The standard InChI is InChI=1S/C14H18N2O3S/c1-16(2)20(17,18)14-7-5-12(6-8-14)15-10-9-13-4-3-11-19-13/h3-8,11,15H,9-10H2,1-2H3. The van der Waals surface area contributed by atoms with Crippen LogP contribution in [0, 0.1) is 0 Å². The maximum Gasteiger partial charge on any atom is 0.242 e. The van der Waals surface area contributed by atoms with Gasteiger partial charge in [-0.05, 0) is 36.4 Å². The first-order chi connectivity index (χ1) is 9.50. The Hall–Kier alpha value is -1.79. The molecule has 6 heteroatoms. The van der Waals surface area contributed by atoms with Gasteiger partial charge in [-0.1, -0.05) is 0 Å². The molecule has 0 aliphatic heterocycles. The molecule has 0 amide bonds. The summed E-state index contributed by atoms with van der Waals surface area (Å²) < 4.78 is 30.2. The van der Waals surface area contributed by atoms with Crippen LogP contribution in [0.1, 0.15) is 5.76 Å². The van der Waals surface area contributed by atoms with E-state index >= 15 is 0 Å². The highest BCUT2D eigenvalue weighted by molar-refractivity contribution is 7.89. The minimum absolute atomic E-state index is 0.291. The van der Waals surface area contributed by atoms with Gasteiger partial charge < -0.3 is 9.73 Å². The van der Waals surface area contributed by atoms with Gasteiger partial charge in [-0.15, -0.1) is 0 Å². The fourth-order valence-electron chi connectivity index (χ4n) is 1.74. The first-order valence-corrected chi connectivity index (χ1v) is 7.73. The zero-order valence-corrected chi connectivity index (χ0v) is 12.4. The highest BCUT2D eigenvalue weighted by atomic mass is 32.2. The summed E-state index contributed by atoms with van der Waals surface area (Å²) in [4.78, 5) is 0.291. The molecule has 0 unspecified atom stereocenters. The number of anilines is 1. The zero-order chi connectivity index (χ0) is 14.6. The molecule has 2 aromatic rings. The van der Waals surface area contributed by atoms with Crippen molar-refractivity contribution in [2.45, 2.75) is 11.3 Å². The molecule has 2 rings (SSSR count). The second kappa shape index (κ2) is 6.11. The fraction of sp³-hybridized carbons (Fsp3) is 0.286. The molecule has 1 N–H and O–H groups in total. The summed E-state index contributed by atoms with van der Waals surface area (Å²) in [6.45, 7) is 0.729. The number of hydrogen-bond donors (Lipinski definition) is 1. The molecule has 0 saturated carbocycles. The Bertz CT molecular complexity index is 632. The van der Waals surface area contributed by atoms with E-state index in [1.54, 1.807) is 30.5 Å². The molecular weight excluding hydrogens is 276 g/mol. The van der Waals surface area contributed by atoms with Crippen LogP contribution >= 0.6 is 0 Å². The minimum atomic E-state index is -3.36. The third-order valence-corrected chi connectivity index (χ3v) is 4.74. The van der Waals surface area contributed by atoms with Crippen molar-refractivity contribution in [1.82, 2.24) is 4.31 Å². The normalized spacial score (nSPS) is 11.8. The quantitative estimate of drug-likeness (QED) is 0.887. The van der Waals surface area contributed by atoms with Crippen molar-refractivity contribution in [2.75, 3.05) is 26.0 Å². The van der Waals surface area contributed by atoms with E-state index in [0.29, 0.717) is 4.90 Å². The van der Waals surface area contributed by atoms with Gasteiger partial charge >= 0.3 is 0 Å². The molecule has 0 saturated heterocycles. The number of nitrogens with zero attached hydrogens (tertiary/aromatic N) is 1. The molecule has 1 aromatic heterocycles. The molecule has 5 nitrogen and oxygen atoms in total. The van der Waals surface area contributed by atoms with Crippen LogP contribution in [0.25, 0.3) is 0 Å². The van der Waals surface area contributed by atoms with Crippen LogP contribution in [0.4, 0.5) is 5.69 Å². The predicted molar refractivity (Wildman–Crippen MR) is 78.2 cm³/mol. The van der Waals surface area contributed by atoms with Crippen LogP contribution in [-0.2, 0) is 16.4 Å². The number of sulfonamides is 1. The summed E-state index contributed by atoms with van der Waals surface area (Å²) in [5.41, 5.74) is 0.884. The van der Waals surface area contributed by atoms with Gasteiger partial charge in [-0.2, -0.15) is 0 Å². The van der Waals surface area contributed by atoms with Gasteiger partial charge in [-0.25, -0.2) is 12.7 Å². The van der Waals surface area contributed by atoms with E-state index in [0.717, 1.165) is 24.4 Å². The molecule has 20 heavy (non-hydrogen) atoms. The van der Waals surface area contributed by atoms with Crippen LogP contribution in [0.5, 0.6) is 0 Å². The molecule has 0 radical (unpaired) electrons. The molecule has 0 atom stereocenters. The second-order valence-electron chi connectivity index (χ2n) is 4.57. The maximum absolute atomic E-state index is 11.9. The molecule has 1 aromatic carbocycles. The summed E-state index contributed by atoms with van der Waals surface area (Å²) in [5, 5.41) is 3.22. The van der Waals surface area contributed by atoms with Gasteiger partial charge in [-0.3, -0.25) is 0 Å². The summed E-state index contributed by atoms with van der Waals surface area (Å²) in [5.74, 6) is 0.921. The fourth-order valence-corrected chi connectivity index (χ4v) is 2.64. The molecule has 0 aliphatic carbocycles. The summed E-state index contributed by atoms with van der Waals surface area (Å²) in [6.07, 6.45) is 2.43. The third kappa shape index (κ3) is 3.40. The highest BCUT2D eigenvalue weighted by Crippen LogP contribution is 2.16. The lowest BCUT2D eigenvalue weighted by atomic mass is 10.3. The molecule has 0 aliphatic rings. The van der Waals surface area contributed by atoms with Crippen molar-refractivity contribution in [3.8, 4) is 0 Å². The van der Waals surface area contributed by atoms with Crippen LogP contribution in [-0.4, -0.2) is 33.4 Å². The number of nitrogens with one attached hydrogen (secondary N) is 1. The van der Waals surface area contributed by atoms with Crippen LogP contribution in [0.2, 0.25) is 0 Å². The topological polar surface area (TPSA) is 62.6 Å². The van der Waals surface area contributed by atoms with E-state index < -0.39 is 10.0 Å². The number of benzene rings is 1. The Morgan fingerprint density at radius 2 is 1.85 bits per heavy atom. The first kappa shape index (κ1) is 14.6. The molecule has 0 bridgehead atoms. The van der Waals surface area contributed by atoms with Gasteiger partial charge in [0.15, 0.2) is 0 Å². The SMILES string of the molecule is CN(C)S(=O)(=O)c1ccc(NCCc2ccco2)cc1. The lowest BCUT2D eigenvalue weighted by Gasteiger charge is -2.12.